The summed E-state index contributed by atoms with van der Waals surface area (Å²) in [5, 5.41) is 7.49. The minimum Gasteiger partial charge on any atom is -0.462 e. The van der Waals surface area contributed by atoms with Gasteiger partial charge in [0.05, 0.1) is 18.8 Å². The number of ether oxygens (including phenoxy) is 3. The predicted octanol–water partition coefficient (Wildman–Crippen LogP) is 6.18. The van der Waals surface area contributed by atoms with E-state index in [0.29, 0.717) is 17.7 Å². The molecule has 10 heteroatoms. The second kappa shape index (κ2) is 13.1. The number of benzene rings is 2. The molecule has 0 unspecified atom stereocenters. The minimum atomic E-state index is -0.617. The summed E-state index contributed by atoms with van der Waals surface area (Å²) in [6.07, 6.45) is 3.44. The lowest BCUT2D eigenvalue weighted by molar-refractivity contribution is 0.0440. The van der Waals surface area contributed by atoms with Crippen molar-refractivity contribution in [3.63, 3.8) is 0 Å². The van der Waals surface area contributed by atoms with E-state index in [2.05, 4.69) is 34.7 Å². The van der Waals surface area contributed by atoms with Crippen LogP contribution in [0.2, 0.25) is 0 Å². The van der Waals surface area contributed by atoms with E-state index in [-0.39, 0.29) is 37.8 Å². The number of hydrogen-bond acceptors (Lipinski definition) is 7. The number of nitrogens with zero attached hydrogens (tertiary/aromatic N) is 3. The Morgan fingerprint density at radius 2 is 1.66 bits per heavy atom. The van der Waals surface area contributed by atoms with Gasteiger partial charge in [0.25, 0.3) is 0 Å². The summed E-state index contributed by atoms with van der Waals surface area (Å²) in [5.41, 5.74) is 4.68. The lowest BCUT2D eigenvalue weighted by Crippen LogP contribution is -2.49. The highest BCUT2D eigenvalue weighted by molar-refractivity contribution is 5.90. The third-order valence-electron chi connectivity index (χ3n) is 8.10. The Bertz CT molecular complexity index is 1460. The Balaban J connectivity index is 1.38. The van der Waals surface area contributed by atoms with Gasteiger partial charge in [-0.3, -0.25) is 9.58 Å². The van der Waals surface area contributed by atoms with Crippen LogP contribution < -0.4 is 5.32 Å². The number of aryl methyl sites for hydroxylation is 1. The molecule has 5 rings (SSSR count). The summed E-state index contributed by atoms with van der Waals surface area (Å²) in [6, 6.07) is 16.0. The number of fused-ring (bicyclic) bond motifs is 3. The van der Waals surface area contributed by atoms with Gasteiger partial charge in [0.15, 0.2) is 0 Å². The second-order valence-corrected chi connectivity index (χ2v) is 12.5. The number of carbonyl (C=O) groups is 3. The highest BCUT2D eigenvalue weighted by Gasteiger charge is 2.35. The summed E-state index contributed by atoms with van der Waals surface area (Å²) in [4.78, 5) is 41.0. The van der Waals surface area contributed by atoms with Crippen LogP contribution in [0.1, 0.15) is 86.5 Å². The molecule has 234 valence electrons. The van der Waals surface area contributed by atoms with Crippen molar-refractivity contribution in [1.29, 1.82) is 0 Å². The number of alkyl carbamates (subject to hydrolysis) is 1. The maximum absolute atomic E-state index is 14.0. The first kappa shape index (κ1) is 31.1. The fraction of sp³-hybridized carbons (Fsp3) is 0.471. The quantitative estimate of drug-likeness (QED) is 0.242. The molecule has 1 aromatic heterocycles. The van der Waals surface area contributed by atoms with Crippen LogP contribution in [-0.4, -0.2) is 63.7 Å². The van der Waals surface area contributed by atoms with Crippen LogP contribution in [-0.2, 0) is 27.8 Å². The molecule has 2 aliphatic carbocycles. The zero-order chi connectivity index (χ0) is 31.4. The highest BCUT2D eigenvalue weighted by Crippen LogP contribution is 2.44. The van der Waals surface area contributed by atoms with Crippen molar-refractivity contribution < 1.29 is 28.6 Å². The molecule has 2 aromatic carbocycles. The summed E-state index contributed by atoms with van der Waals surface area (Å²) in [7, 11) is 1.73. The lowest BCUT2D eigenvalue weighted by Gasteiger charge is -2.37. The van der Waals surface area contributed by atoms with E-state index in [1.807, 2.05) is 45.0 Å². The highest BCUT2D eigenvalue weighted by atomic mass is 16.6. The summed E-state index contributed by atoms with van der Waals surface area (Å²) in [6.45, 7) is 7.67. The van der Waals surface area contributed by atoms with E-state index in [1.165, 1.54) is 0 Å². The molecule has 44 heavy (non-hydrogen) atoms. The predicted molar refractivity (Wildman–Crippen MR) is 165 cm³/mol. The Morgan fingerprint density at radius 3 is 2.30 bits per heavy atom. The maximum atomic E-state index is 14.0. The Hall–Kier alpha value is -4.34. The third kappa shape index (κ3) is 7.06. The van der Waals surface area contributed by atoms with Crippen LogP contribution in [0.4, 0.5) is 9.59 Å². The first-order valence-electron chi connectivity index (χ1n) is 15.3. The summed E-state index contributed by atoms with van der Waals surface area (Å²) >= 11 is 0. The van der Waals surface area contributed by atoms with Gasteiger partial charge < -0.3 is 19.5 Å². The third-order valence-corrected chi connectivity index (χ3v) is 8.10. The SMILES string of the molecule is CCOC(=O)c1cn(C)nc1CN(C(=O)OCC1c2ccccc2-c2ccccc21)[C@@H]1CCC[C@@H](NC(=O)OC(C)(C)C)C1. The van der Waals surface area contributed by atoms with Crippen molar-refractivity contribution in [2.24, 2.45) is 7.05 Å². The molecular formula is C34H42N4O6. The molecule has 1 heterocycles. The lowest BCUT2D eigenvalue weighted by atomic mass is 9.90. The van der Waals surface area contributed by atoms with Gasteiger partial charge in [-0.25, -0.2) is 14.4 Å². The van der Waals surface area contributed by atoms with Crippen LogP contribution in [0.15, 0.2) is 54.7 Å². The molecular weight excluding hydrogens is 560 g/mol. The molecule has 0 bridgehead atoms. The number of nitrogens with one attached hydrogen (secondary N) is 1. The van der Waals surface area contributed by atoms with E-state index in [9.17, 15) is 14.4 Å². The molecule has 0 saturated heterocycles. The largest absolute Gasteiger partial charge is 0.462 e. The van der Waals surface area contributed by atoms with E-state index in [0.717, 1.165) is 41.5 Å². The van der Waals surface area contributed by atoms with Crippen LogP contribution in [0, 0.1) is 0 Å². The zero-order valence-electron chi connectivity index (χ0n) is 26.2. The number of hydrogen-bond donors (Lipinski definition) is 1. The topological polar surface area (TPSA) is 112 Å². The molecule has 2 amide bonds. The van der Waals surface area contributed by atoms with Gasteiger partial charge in [-0.1, -0.05) is 48.5 Å². The van der Waals surface area contributed by atoms with Crippen molar-refractivity contribution in [3.05, 3.63) is 77.1 Å². The first-order chi connectivity index (χ1) is 21.0. The molecule has 1 fully saturated rings. The second-order valence-electron chi connectivity index (χ2n) is 12.5. The first-order valence-corrected chi connectivity index (χ1v) is 15.3. The van der Waals surface area contributed by atoms with E-state index < -0.39 is 23.8 Å². The number of rotatable bonds is 8. The smallest absolute Gasteiger partial charge is 0.410 e. The van der Waals surface area contributed by atoms with Crippen LogP contribution >= 0.6 is 0 Å². The van der Waals surface area contributed by atoms with Gasteiger partial charge in [0, 0.05) is 31.2 Å². The minimum absolute atomic E-state index is 0.0650. The standard InChI is InChI=1S/C34H42N4O6/c1-6-42-31(39)28-19-37(5)36-30(28)20-38(23-13-11-12-22(18-23)35-32(40)44-34(2,3)4)33(41)43-21-29-26-16-9-7-14-24(26)25-15-8-10-17-27(25)29/h7-10,14-17,19,22-23,29H,6,11-13,18,20-21H2,1-5H3,(H,35,40)/t22-,23-/m1/s1. The normalized spacial score (nSPS) is 17.8. The van der Waals surface area contributed by atoms with Gasteiger partial charge >= 0.3 is 18.2 Å². The molecule has 2 atom stereocenters. The average Bonchev–Trinajstić information content (AvgIpc) is 3.51. The molecule has 10 nitrogen and oxygen atoms in total. The van der Waals surface area contributed by atoms with Crippen molar-refractivity contribution in [1.82, 2.24) is 20.0 Å². The van der Waals surface area contributed by atoms with Gasteiger partial charge in [0.1, 0.15) is 17.8 Å². The van der Waals surface area contributed by atoms with Crippen LogP contribution in [0.3, 0.4) is 0 Å². The Morgan fingerprint density at radius 1 is 1.00 bits per heavy atom. The van der Waals surface area contributed by atoms with E-state index in [4.69, 9.17) is 14.2 Å². The van der Waals surface area contributed by atoms with Crippen molar-refractivity contribution in [2.75, 3.05) is 13.2 Å². The number of amides is 2. The molecule has 1 N–H and O–H groups in total. The van der Waals surface area contributed by atoms with Gasteiger partial charge in [-0.2, -0.15) is 5.10 Å². The van der Waals surface area contributed by atoms with Gasteiger partial charge in [-0.05, 0) is 75.6 Å². The zero-order valence-corrected chi connectivity index (χ0v) is 26.2. The summed E-state index contributed by atoms with van der Waals surface area (Å²) in [5.74, 6) is -0.581. The molecule has 3 aromatic rings. The maximum Gasteiger partial charge on any atom is 0.410 e. The molecule has 1 saturated carbocycles. The summed E-state index contributed by atoms with van der Waals surface area (Å²) < 4.78 is 18.4. The van der Waals surface area contributed by atoms with E-state index >= 15 is 0 Å². The number of carbonyl (C=O) groups excluding carboxylic acids is 3. The van der Waals surface area contributed by atoms with Crippen molar-refractivity contribution in [2.45, 2.75) is 83.5 Å². The number of esters is 1. The van der Waals surface area contributed by atoms with Crippen LogP contribution in [0.5, 0.6) is 0 Å². The fourth-order valence-electron chi connectivity index (χ4n) is 6.26. The van der Waals surface area contributed by atoms with Crippen LogP contribution in [0.25, 0.3) is 11.1 Å². The molecule has 0 aliphatic heterocycles. The monoisotopic (exact) mass is 602 g/mol. The van der Waals surface area contributed by atoms with Crippen molar-refractivity contribution >= 4 is 18.2 Å². The van der Waals surface area contributed by atoms with E-state index in [1.54, 1.807) is 29.7 Å². The number of aromatic nitrogens is 2. The fourth-order valence-corrected chi connectivity index (χ4v) is 6.26. The molecule has 0 spiro atoms. The van der Waals surface area contributed by atoms with Crippen molar-refractivity contribution in [3.8, 4) is 11.1 Å². The average molecular weight is 603 g/mol. The Kier molecular flexibility index (Phi) is 9.27. The van der Waals surface area contributed by atoms with Gasteiger partial charge in [-0.15, -0.1) is 0 Å². The molecule has 2 aliphatic rings. The molecule has 0 radical (unpaired) electrons. The van der Waals surface area contributed by atoms with Gasteiger partial charge in [0.2, 0.25) is 0 Å². The Labute approximate surface area is 258 Å².